The highest BCUT2D eigenvalue weighted by atomic mass is 16.3. The summed E-state index contributed by atoms with van der Waals surface area (Å²) in [5.74, 6) is 4.17. The van der Waals surface area contributed by atoms with Gasteiger partial charge < -0.3 is 5.11 Å². The summed E-state index contributed by atoms with van der Waals surface area (Å²) >= 11 is 0. The summed E-state index contributed by atoms with van der Waals surface area (Å²) in [6.07, 6.45) is 18.4. The largest absolute Gasteiger partial charge is 0.393 e. The Bertz CT molecular complexity index is 712. The second-order valence-corrected chi connectivity index (χ2v) is 11.8. The van der Waals surface area contributed by atoms with Crippen LogP contribution in [0.15, 0.2) is 35.5 Å². The van der Waals surface area contributed by atoms with Crippen molar-refractivity contribution in [3.8, 4) is 0 Å². The highest BCUT2D eigenvalue weighted by Gasteiger charge is 2.54. The Morgan fingerprint density at radius 1 is 1.03 bits per heavy atom. The maximum absolute atomic E-state index is 10.2. The molecule has 8 atom stereocenters. The van der Waals surface area contributed by atoms with Gasteiger partial charge in [0.2, 0.25) is 0 Å². The highest BCUT2D eigenvalue weighted by Crippen LogP contribution is 2.64. The van der Waals surface area contributed by atoms with E-state index in [2.05, 4.69) is 65.8 Å². The molecule has 0 aromatic carbocycles. The minimum Gasteiger partial charge on any atom is -0.393 e. The van der Waals surface area contributed by atoms with Gasteiger partial charge in [-0.15, -0.1) is 0 Å². The van der Waals surface area contributed by atoms with Crippen molar-refractivity contribution < 1.29 is 5.11 Å². The fourth-order valence-corrected chi connectivity index (χ4v) is 7.49. The Balaban J connectivity index is 1.57. The Morgan fingerprint density at radius 2 is 1.79 bits per heavy atom. The first-order valence-electron chi connectivity index (χ1n) is 12.4. The number of aliphatic hydroxyl groups excluding tert-OH is 1. The molecule has 0 bridgehead atoms. The molecule has 2 fully saturated rings. The van der Waals surface area contributed by atoms with Crippen molar-refractivity contribution in [1.29, 1.82) is 0 Å². The fraction of sp³-hybridized carbons (Fsp3) is 0.786. The molecule has 4 aliphatic rings. The average molecular weight is 397 g/mol. The molecule has 4 aliphatic carbocycles. The molecule has 1 N–H and O–H groups in total. The highest BCUT2D eigenvalue weighted by molar-refractivity contribution is 5.42. The molecule has 0 radical (unpaired) electrons. The van der Waals surface area contributed by atoms with E-state index in [9.17, 15) is 5.11 Å². The SMILES string of the molecule is CC(C)[C@@H](C)/C=C/[C@H](C)[C@H]1CC[C@H]2C3=C(CC[C@]12C)[C@@]1(C)CC[C@H](O)C[C@H]1C=C3. The van der Waals surface area contributed by atoms with Gasteiger partial charge in [-0.2, -0.15) is 0 Å². The summed E-state index contributed by atoms with van der Waals surface area (Å²) in [5, 5.41) is 10.2. The van der Waals surface area contributed by atoms with Crippen molar-refractivity contribution in [2.45, 2.75) is 92.6 Å². The summed E-state index contributed by atoms with van der Waals surface area (Å²) in [4.78, 5) is 0. The van der Waals surface area contributed by atoms with Crippen LogP contribution in [0.1, 0.15) is 86.5 Å². The van der Waals surface area contributed by atoms with Crippen LogP contribution < -0.4 is 0 Å². The van der Waals surface area contributed by atoms with E-state index < -0.39 is 0 Å². The van der Waals surface area contributed by atoms with Gasteiger partial charge in [0.25, 0.3) is 0 Å². The van der Waals surface area contributed by atoms with Crippen molar-refractivity contribution in [3.63, 3.8) is 0 Å². The van der Waals surface area contributed by atoms with E-state index in [1.807, 2.05) is 0 Å². The summed E-state index contributed by atoms with van der Waals surface area (Å²) < 4.78 is 0. The van der Waals surface area contributed by atoms with Crippen LogP contribution in [0.2, 0.25) is 0 Å². The molecule has 2 saturated carbocycles. The maximum Gasteiger partial charge on any atom is 0.0546 e. The van der Waals surface area contributed by atoms with Crippen LogP contribution in [0.3, 0.4) is 0 Å². The molecule has 0 saturated heterocycles. The number of hydrogen-bond donors (Lipinski definition) is 1. The normalized spacial score (nSPS) is 44.0. The molecule has 0 unspecified atom stereocenters. The zero-order chi connectivity index (χ0) is 21.0. The standard InChI is InChI=1S/C28H44O/c1-18(2)19(3)7-8-20(4)24-11-12-25-23-10-9-21-17-22(29)13-15-27(21,5)26(23)14-16-28(24,25)6/h7-10,18-22,24-25,29H,11-17H2,1-6H3/b8-7+/t19-,20-,21+,22-,24+,25-,27-,28+/m0/s1. The fourth-order valence-electron chi connectivity index (χ4n) is 7.49. The lowest BCUT2D eigenvalue weighted by atomic mass is 9.52. The lowest BCUT2D eigenvalue weighted by molar-refractivity contribution is 0.0443. The van der Waals surface area contributed by atoms with Crippen LogP contribution in [0.5, 0.6) is 0 Å². The molecule has 1 heteroatoms. The second-order valence-electron chi connectivity index (χ2n) is 11.8. The summed E-state index contributed by atoms with van der Waals surface area (Å²) in [6.45, 7) is 14.6. The van der Waals surface area contributed by atoms with Crippen molar-refractivity contribution >= 4 is 0 Å². The lowest BCUT2D eigenvalue weighted by Crippen LogP contribution is -2.44. The predicted octanol–water partition coefficient (Wildman–Crippen LogP) is 7.33. The van der Waals surface area contributed by atoms with Crippen molar-refractivity contribution in [2.75, 3.05) is 0 Å². The van der Waals surface area contributed by atoms with Gasteiger partial charge in [0, 0.05) is 0 Å². The van der Waals surface area contributed by atoms with E-state index >= 15 is 0 Å². The van der Waals surface area contributed by atoms with Gasteiger partial charge in [0.05, 0.1) is 6.10 Å². The molecule has 0 aliphatic heterocycles. The predicted molar refractivity (Wildman–Crippen MR) is 123 cm³/mol. The Labute approximate surface area is 179 Å². The average Bonchev–Trinajstić information content (AvgIpc) is 3.03. The Morgan fingerprint density at radius 3 is 2.52 bits per heavy atom. The number of rotatable bonds is 4. The van der Waals surface area contributed by atoms with Crippen LogP contribution in [-0.4, -0.2) is 11.2 Å². The van der Waals surface area contributed by atoms with Gasteiger partial charge in [-0.25, -0.2) is 0 Å². The van der Waals surface area contributed by atoms with Gasteiger partial charge in [0.1, 0.15) is 0 Å². The summed E-state index contributed by atoms with van der Waals surface area (Å²) in [5.41, 5.74) is 4.24. The number of hydrogen-bond acceptors (Lipinski definition) is 1. The van der Waals surface area contributed by atoms with Gasteiger partial charge in [-0.3, -0.25) is 0 Å². The molecule has 29 heavy (non-hydrogen) atoms. The Hall–Kier alpha value is -0.820. The van der Waals surface area contributed by atoms with Gasteiger partial charge in [-0.1, -0.05) is 71.4 Å². The zero-order valence-corrected chi connectivity index (χ0v) is 19.7. The zero-order valence-electron chi connectivity index (χ0n) is 19.7. The molecule has 4 rings (SSSR count). The van der Waals surface area contributed by atoms with Crippen LogP contribution in [0, 0.1) is 46.3 Å². The molecule has 0 heterocycles. The topological polar surface area (TPSA) is 20.2 Å². The smallest absolute Gasteiger partial charge is 0.0546 e. The molecular formula is C28H44O. The van der Waals surface area contributed by atoms with E-state index in [-0.39, 0.29) is 6.10 Å². The Kier molecular flexibility index (Phi) is 5.69. The maximum atomic E-state index is 10.2. The monoisotopic (exact) mass is 396 g/mol. The lowest BCUT2D eigenvalue weighted by Gasteiger charge is -2.53. The first-order chi connectivity index (χ1) is 13.7. The van der Waals surface area contributed by atoms with Gasteiger partial charge in [-0.05, 0) is 96.9 Å². The van der Waals surface area contributed by atoms with Crippen LogP contribution in [0.25, 0.3) is 0 Å². The third kappa shape index (κ3) is 3.50. The van der Waals surface area contributed by atoms with E-state index in [0.29, 0.717) is 28.6 Å². The van der Waals surface area contributed by atoms with Crippen LogP contribution >= 0.6 is 0 Å². The van der Waals surface area contributed by atoms with Crippen molar-refractivity contribution in [1.82, 2.24) is 0 Å². The molecular weight excluding hydrogens is 352 g/mol. The van der Waals surface area contributed by atoms with Crippen LogP contribution in [-0.2, 0) is 0 Å². The third-order valence-electron chi connectivity index (χ3n) is 9.99. The quantitative estimate of drug-likeness (QED) is 0.493. The molecule has 0 aromatic rings. The number of aliphatic hydroxyl groups is 1. The van der Waals surface area contributed by atoms with E-state index in [1.165, 1.54) is 32.1 Å². The molecule has 0 spiro atoms. The molecule has 162 valence electrons. The first-order valence-corrected chi connectivity index (χ1v) is 12.4. The van der Waals surface area contributed by atoms with Gasteiger partial charge in [0.15, 0.2) is 0 Å². The summed E-state index contributed by atoms with van der Waals surface area (Å²) in [7, 11) is 0. The minimum absolute atomic E-state index is 0.0922. The minimum atomic E-state index is -0.0922. The molecule has 0 amide bonds. The van der Waals surface area contributed by atoms with Crippen molar-refractivity contribution in [2.24, 2.45) is 46.3 Å². The van der Waals surface area contributed by atoms with Gasteiger partial charge >= 0.3 is 0 Å². The third-order valence-corrected chi connectivity index (χ3v) is 9.99. The number of allylic oxidation sites excluding steroid dienone is 6. The van der Waals surface area contributed by atoms with E-state index in [1.54, 1.807) is 11.1 Å². The second kappa shape index (κ2) is 7.70. The van der Waals surface area contributed by atoms with Crippen LogP contribution in [0.4, 0.5) is 0 Å². The molecule has 1 nitrogen and oxygen atoms in total. The van der Waals surface area contributed by atoms with Crippen molar-refractivity contribution in [3.05, 3.63) is 35.5 Å². The number of fused-ring (bicyclic) bond motifs is 4. The van der Waals surface area contributed by atoms with E-state index in [4.69, 9.17) is 0 Å². The summed E-state index contributed by atoms with van der Waals surface area (Å²) in [6, 6.07) is 0. The van der Waals surface area contributed by atoms with E-state index in [0.717, 1.165) is 30.6 Å². The molecule has 0 aromatic heterocycles. The first kappa shape index (κ1) is 21.4.